The van der Waals surface area contributed by atoms with Gasteiger partial charge in [0.1, 0.15) is 11.4 Å². The van der Waals surface area contributed by atoms with Crippen LogP contribution >= 0.6 is 11.8 Å². The van der Waals surface area contributed by atoms with Crippen LogP contribution < -0.4 is 5.73 Å². The first-order valence-electron chi connectivity index (χ1n) is 6.19. The lowest BCUT2D eigenvalue weighted by Gasteiger charge is -2.39. The molecule has 0 aromatic heterocycles. The molecule has 1 aliphatic heterocycles. The number of halogens is 1. The number of amidine groups is 1. The zero-order valence-corrected chi connectivity index (χ0v) is 10.8. The first-order chi connectivity index (χ1) is 8.72. The van der Waals surface area contributed by atoms with Crippen molar-refractivity contribution < 1.29 is 4.39 Å². The summed E-state index contributed by atoms with van der Waals surface area (Å²) in [7, 11) is 0. The summed E-state index contributed by atoms with van der Waals surface area (Å²) in [5, 5.41) is 2.59. The molecule has 1 aliphatic carbocycles. The predicted octanol–water partition coefficient (Wildman–Crippen LogP) is 3.54. The van der Waals surface area contributed by atoms with Gasteiger partial charge in [0.25, 0.3) is 0 Å². The Kier molecular flexibility index (Phi) is 2.90. The van der Waals surface area contributed by atoms with Crippen LogP contribution in [0.5, 0.6) is 0 Å². The van der Waals surface area contributed by atoms with E-state index >= 15 is 0 Å². The van der Waals surface area contributed by atoms with Crippen molar-refractivity contribution in [3.8, 4) is 0 Å². The van der Waals surface area contributed by atoms with E-state index in [2.05, 4.69) is 10.4 Å². The molecule has 0 bridgehead atoms. The molecule has 0 spiro atoms. The highest BCUT2D eigenvalue weighted by Gasteiger charge is 2.41. The summed E-state index contributed by atoms with van der Waals surface area (Å²) in [5.74, 6) is -0.186. The summed E-state index contributed by atoms with van der Waals surface area (Å²) in [6.45, 7) is 0. The zero-order chi connectivity index (χ0) is 12.6. The minimum absolute atomic E-state index is 0.186. The summed E-state index contributed by atoms with van der Waals surface area (Å²) >= 11 is 1.45. The summed E-state index contributed by atoms with van der Waals surface area (Å²) in [6.07, 6.45) is 4.05. The topological polar surface area (TPSA) is 38.4 Å². The van der Waals surface area contributed by atoms with Crippen LogP contribution in [0.15, 0.2) is 40.2 Å². The van der Waals surface area contributed by atoms with Crippen LogP contribution in [0.2, 0.25) is 0 Å². The first kappa shape index (κ1) is 11.8. The lowest BCUT2D eigenvalue weighted by atomic mass is 9.73. The molecule has 1 saturated carbocycles. The van der Waals surface area contributed by atoms with Gasteiger partial charge < -0.3 is 5.73 Å². The Morgan fingerprint density at radius 1 is 1.28 bits per heavy atom. The smallest absolute Gasteiger partial charge is 0.159 e. The van der Waals surface area contributed by atoms with Crippen LogP contribution in [0.4, 0.5) is 4.39 Å². The molecule has 1 unspecified atom stereocenters. The van der Waals surface area contributed by atoms with E-state index in [1.165, 1.54) is 23.4 Å². The fourth-order valence-electron chi connectivity index (χ4n) is 2.86. The molecule has 94 valence electrons. The second-order valence-corrected chi connectivity index (χ2v) is 5.65. The number of nitrogens with zero attached hydrogens (tertiary/aromatic N) is 1. The minimum Gasteiger partial charge on any atom is -0.378 e. The number of hydrogen-bond acceptors (Lipinski definition) is 3. The van der Waals surface area contributed by atoms with Crippen molar-refractivity contribution in [2.24, 2.45) is 10.7 Å². The van der Waals surface area contributed by atoms with Gasteiger partial charge in [-0.25, -0.2) is 9.38 Å². The van der Waals surface area contributed by atoms with E-state index in [4.69, 9.17) is 5.73 Å². The summed E-state index contributed by atoms with van der Waals surface area (Å²) in [4.78, 5) is 4.62. The average Bonchev–Trinajstić information content (AvgIpc) is 2.38. The highest BCUT2D eigenvalue weighted by Crippen LogP contribution is 2.48. The fourth-order valence-corrected chi connectivity index (χ4v) is 3.64. The number of benzene rings is 1. The molecule has 0 saturated heterocycles. The van der Waals surface area contributed by atoms with Gasteiger partial charge in [-0.05, 0) is 36.3 Å². The second-order valence-electron chi connectivity index (χ2n) is 4.76. The standard InChI is InChI=1S/C14H15FN2S/c15-12-7-2-1-6-11(12)14-8-4-3-5-10(14)9-18-13(16)17-14/h1-2,6-7,9H,3-5,8H2,(H2,16,17). The SMILES string of the molecule is NC1=NC2(c3ccccc3F)CCCCC2=CS1. The number of fused-ring (bicyclic) bond motifs is 1. The van der Waals surface area contributed by atoms with Gasteiger partial charge in [0.15, 0.2) is 5.17 Å². The van der Waals surface area contributed by atoms with Crippen LogP contribution in [0.25, 0.3) is 0 Å². The average molecular weight is 262 g/mol. The van der Waals surface area contributed by atoms with Crippen LogP contribution in [0.3, 0.4) is 0 Å². The highest BCUT2D eigenvalue weighted by atomic mass is 32.2. The molecule has 2 N–H and O–H groups in total. The molecule has 1 aromatic rings. The predicted molar refractivity (Wildman–Crippen MR) is 73.8 cm³/mol. The van der Waals surface area contributed by atoms with Gasteiger partial charge in [0, 0.05) is 5.56 Å². The highest BCUT2D eigenvalue weighted by molar-refractivity contribution is 8.16. The Hall–Kier alpha value is -1.29. The summed E-state index contributed by atoms with van der Waals surface area (Å²) in [5.41, 5.74) is 7.19. The largest absolute Gasteiger partial charge is 0.378 e. The third-order valence-corrected chi connectivity index (χ3v) is 4.44. The van der Waals surface area contributed by atoms with Crippen molar-refractivity contribution in [2.75, 3.05) is 0 Å². The minimum atomic E-state index is -0.543. The third-order valence-electron chi connectivity index (χ3n) is 3.71. The quantitative estimate of drug-likeness (QED) is 0.840. The van der Waals surface area contributed by atoms with E-state index in [9.17, 15) is 4.39 Å². The van der Waals surface area contributed by atoms with Gasteiger partial charge in [-0.1, -0.05) is 36.4 Å². The number of aliphatic imine (C=N–C) groups is 1. The molecule has 4 heteroatoms. The number of hydrogen-bond donors (Lipinski definition) is 1. The normalized spacial score (nSPS) is 27.2. The van der Waals surface area contributed by atoms with E-state index in [-0.39, 0.29) is 5.82 Å². The Morgan fingerprint density at radius 2 is 2.11 bits per heavy atom. The van der Waals surface area contributed by atoms with Gasteiger partial charge in [-0.2, -0.15) is 0 Å². The fraction of sp³-hybridized carbons (Fsp3) is 0.357. The van der Waals surface area contributed by atoms with Crippen molar-refractivity contribution in [1.29, 1.82) is 0 Å². The molecule has 1 aromatic carbocycles. The Morgan fingerprint density at radius 3 is 2.94 bits per heavy atom. The molecular formula is C14H15FN2S. The maximum Gasteiger partial charge on any atom is 0.159 e. The van der Waals surface area contributed by atoms with Crippen LogP contribution in [-0.4, -0.2) is 5.17 Å². The van der Waals surface area contributed by atoms with Gasteiger partial charge in [0.2, 0.25) is 0 Å². The lowest BCUT2D eigenvalue weighted by Crippen LogP contribution is -2.34. The monoisotopic (exact) mass is 262 g/mol. The molecule has 1 atom stereocenters. The van der Waals surface area contributed by atoms with Crippen LogP contribution in [-0.2, 0) is 5.54 Å². The molecule has 0 amide bonds. The summed E-state index contributed by atoms with van der Waals surface area (Å²) in [6, 6.07) is 6.92. The van der Waals surface area contributed by atoms with Crippen molar-refractivity contribution in [2.45, 2.75) is 31.2 Å². The molecule has 18 heavy (non-hydrogen) atoms. The van der Waals surface area contributed by atoms with Gasteiger partial charge >= 0.3 is 0 Å². The number of rotatable bonds is 1. The van der Waals surface area contributed by atoms with E-state index in [1.807, 2.05) is 12.1 Å². The van der Waals surface area contributed by atoms with Crippen LogP contribution in [0, 0.1) is 5.82 Å². The maximum atomic E-state index is 14.1. The van der Waals surface area contributed by atoms with E-state index in [0.29, 0.717) is 10.7 Å². The third kappa shape index (κ3) is 1.75. The van der Waals surface area contributed by atoms with Crippen molar-refractivity contribution in [3.63, 3.8) is 0 Å². The maximum absolute atomic E-state index is 14.1. The molecule has 2 aliphatic rings. The Bertz CT molecular complexity index is 538. The summed E-state index contributed by atoms with van der Waals surface area (Å²) < 4.78 is 14.1. The van der Waals surface area contributed by atoms with Crippen LogP contribution in [0.1, 0.15) is 31.2 Å². The Labute approximate surface area is 110 Å². The van der Waals surface area contributed by atoms with Gasteiger partial charge in [0.05, 0.1) is 0 Å². The number of nitrogens with two attached hydrogens (primary N) is 1. The number of thioether (sulfide) groups is 1. The lowest BCUT2D eigenvalue weighted by molar-refractivity contribution is 0.383. The Balaban J connectivity index is 2.17. The van der Waals surface area contributed by atoms with E-state index in [1.54, 1.807) is 6.07 Å². The van der Waals surface area contributed by atoms with Gasteiger partial charge in [-0.3, -0.25) is 0 Å². The molecular weight excluding hydrogens is 247 g/mol. The van der Waals surface area contributed by atoms with Crippen molar-refractivity contribution in [1.82, 2.24) is 0 Å². The first-order valence-corrected chi connectivity index (χ1v) is 7.07. The molecule has 1 fully saturated rings. The molecule has 0 radical (unpaired) electrons. The van der Waals surface area contributed by atoms with E-state index in [0.717, 1.165) is 25.7 Å². The molecule has 2 nitrogen and oxygen atoms in total. The second kappa shape index (κ2) is 4.43. The van der Waals surface area contributed by atoms with Gasteiger partial charge in [-0.15, -0.1) is 0 Å². The van der Waals surface area contributed by atoms with Crippen molar-refractivity contribution in [3.05, 3.63) is 46.6 Å². The zero-order valence-electron chi connectivity index (χ0n) is 10.0. The molecule has 1 heterocycles. The van der Waals surface area contributed by atoms with Crippen molar-refractivity contribution >= 4 is 16.9 Å². The molecule has 3 rings (SSSR count). The van der Waals surface area contributed by atoms with E-state index < -0.39 is 5.54 Å².